The number of piperidine rings is 1. The van der Waals surface area contributed by atoms with Crippen molar-refractivity contribution in [2.75, 3.05) is 32.5 Å². The van der Waals surface area contributed by atoms with Crippen LogP contribution in [0.2, 0.25) is 0 Å². The first-order valence-corrected chi connectivity index (χ1v) is 14.9. The van der Waals surface area contributed by atoms with Crippen LogP contribution in [0.15, 0.2) is 48.5 Å². The van der Waals surface area contributed by atoms with E-state index in [0.29, 0.717) is 60.5 Å². The molecule has 3 aromatic rings. The minimum atomic E-state index is -0.599. The lowest BCUT2D eigenvalue weighted by molar-refractivity contribution is 0.0198. The Bertz CT molecular complexity index is 1450. The fourth-order valence-corrected chi connectivity index (χ4v) is 5.29. The lowest BCUT2D eigenvalue weighted by Crippen LogP contribution is -2.42. The Hall–Kier alpha value is -4.27. The summed E-state index contributed by atoms with van der Waals surface area (Å²) in [4.78, 5) is 31.6. The number of carbonyl (C=O) groups excluding carboxylic acids is 2. The van der Waals surface area contributed by atoms with Gasteiger partial charge in [-0.3, -0.25) is 4.79 Å². The van der Waals surface area contributed by atoms with Gasteiger partial charge in [-0.25, -0.2) is 9.78 Å². The van der Waals surface area contributed by atoms with Crippen LogP contribution in [-0.2, 0) is 11.3 Å². The second-order valence-corrected chi connectivity index (χ2v) is 12.3. The van der Waals surface area contributed by atoms with E-state index in [4.69, 9.17) is 24.7 Å². The Balaban J connectivity index is 1.49. The number of methoxy groups -OCH3 is 1. The summed E-state index contributed by atoms with van der Waals surface area (Å²) in [5.41, 5.74) is 9.16. The number of likely N-dealkylation sites (tertiary alicyclic amines) is 1. The molecule has 5 rings (SSSR count). The SMILES string of the molecule is COc1ccc(COc2cccc(OCC3CC3)c2-c2cc(C3CCCN(C(=O)OC(C)(C)C)C3)c(C=O)c(N)n2)cc1. The first-order valence-electron chi connectivity index (χ1n) is 14.9. The van der Waals surface area contributed by atoms with Gasteiger partial charge in [-0.2, -0.15) is 0 Å². The average molecular weight is 588 g/mol. The molecule has 1 aromatic heterocycles. The highest BCUT2D eigenvalue weighted by Gasteiger charge is 2.31. The van der Waals surface area contributed by atoms with Crippen LogP contribution in [0.3, 0.4) is 0 Å². The van der Waals surface area contributed by atoms with Crippen LogP contribution in [0.25, 0.3) is 11.3 Å². The largest absolute Gasteiger partial charge is 0.497 e. The second-order valence-electron chi connectivity index (χ2n) is 12.3. The number of aldehydes is 1. The van der Waals surface area contributed by atoms with Crippen LogP contribution in [0.4, 0.5) is 10.6 Å². The number of hydrogen-bond donors (Lipinski definition) is 1. The molecule has 9 nitrogen and oxygen atoms in total. The number of pyridine rings is 1. The molecule has 1 amide bonds. The molecule has 1 saturated heterocycles. The van der Waals surface area contributed by atoms with Gasteiger partial charge < -0.3 is 29.6 Å². The summed E-state index contributed by atoms with van der Waals surface area (Å²) in [7, 11) is 1.64. The molecular weight excluding hydrogens is 546 g/mol. The minimum Gasteiger partial charge on any atom is -0.497 e. The molecule has 228 valence electrons. The third-order valence-electron chi connectivity index (χ3n) is 7.72. The highest BCUT2D eigenvalue weighted by molar-refractivity contribution is 5.87. The molecule has 9 heteroatoms. The molecule has 2 fully saturated rings. The van der Waals surface area contributed by atoms with Gasteiger partial charge in [0.1, 0.15) is 35.3 Å². The molecule has 0 bridgehead atoms. The van der Waals surface area contributed by atoms with Gasteiger partial charge >= 0.3 is 6.09 Å². The molecule has 2 aromatic carbocycles. The highest BCUT2D eigenvalue weighted by Crippen LogP contribution is 2.42. The van der Waals surface area contributed by atoms with Crippen LogP contribution in [0, 0.1) is 5.92 Å². The standard InChI is InChI=1S/C34H41N3O6/c1-34(2,3)43-33(39)37-16-6-7-24(18-37)26-17-28(36-32(35)27(26)19-38)31-29(41-20-22-10-11-22)8-5-9-30(31)42-21-23-12-14-25(40-4)15-13-23/h5,8-9,12-15,17,19,22,24H,6-7,10-11,16,18,20-21H2,1-4H3,(H2,35,36). The van der Waals surface area contributed by atoms with Crippen molar-refractivity contribution in [1.29, 1.82) is 0 Å². The summed E-state index contributed by atoms with van der Waals surface area (Å²) in [5, 5.41) is 0. The average Bonchev–Trinajstić information content (AvgIpc) is 3.83. The van der Waals surface area contributed by atoms with E-state index in [1.54, 1.807) is 12.0 Å². The zero-order chi connectivity index (χ0) is 30.6. The Morgan fingerprint density at radius 1 is 1.07 bits per heavy atom. The summed E-state index contributed by atoms with van der Waals surface area (Å²) in [6.07, 6.45) is 4.27. The van der Waals surface area contributed by atoms with Gasteiger partial charge in [0.15, 0.2) is 6.29 Å². The number of nitrogen functional groups attached to an aromatic ring is 1. The van der Waals surface area contributed by atoms with Gasteiger partial charge in [-0.05, 0) is 93.8 Å². The summed E-state index contributed by atoms with van der Waals surface area (Å²) in [6.45, 7) is 7.50. The third-order valence-corrected chi connectivity index (χ3v) is 7.72. The van der Waals surface area contributed by atoms with E-state index in [2.05, 4.69) is 4.98 Å². The molecule has 1 saturated carbocycles. The molecule has 0 radical (unpaired) electrons. The number of nitrogens with two attached hydrogens (primary N) is 1. The number of nitrogens with zero attached hydrogens (tertiary/aromatic N) is 2. The molecule has 2 heterocycles. The number of carbonyl (C=O) groups is 2. The van der Waals surface area contributed by atoms with Crippen molar-refractivity contribution in [2.24, 2.45) is 5.92 Å². The van der Waals surface area contributed by atoms with E-state index >= 15 is 0 Å². The Labute approximate surface area is 253 Å². The van der Waals surface area contributed by atoms with E-state index in [1.165, 1.54) is 0 Å². The zero-order valence-electron chi connectivity index (χ0n) is 25.4. The first-order chi connectivity index (χ1) is 20.6. The summed E-state index contributed by atoms with van der Waals surface area (Å²) >= 11 is 0. The predicted molar refractivity (Wildman–Crippen MR) is 165 cm³/mol. The summed E-state index contributed by atoms with van der Waals surface area (Å²) in [6, 6.07) is 15.3. The number of hydrogen-bond acceptors (Lipinski definition) is 8. The van der Waals surface area contributed by atoms with Gasteiger partial charge in [0.2, 0.25) is 0 Å². The maximum atomic E-state index is 12.9. The Kier molecular flexibility index (Phi) is 9.08. The van der Waals surface area contributed by atoms with E-state index < -0.39 is 5.60 Å². The summed E-state index contributed by atoms with van der Waals surface area (Å²) < 4.78 is 23.6. The molecule has 1 aliphatic carbocycles. The van der Waals surface area contributed by atoms with Gasteiger partial charge in [0.25, 0.3) is 0 Å². The predicted octanol–water partition coefficient (Wildman–Crippen LogP) is 6.63. The van der Waals surface area contributed by atoms with Crippen molar-refractivity contribution in [2.45, 2.75) is 64.6 Å². The molecule has 0 spiro atoms. The lowest BCUT2D eigenvalue weighted by Gasteiger charge is -2.35. The number of aromatic nitrogens is 1. The van der Waals surface area contributed by atoms with E-state index in [1.807, 2.05) is 69.3 Å². The van der Waals surface area contributed by atoms with Crippen molar-refractivity contribution >= 4 is 18.2 Å². The smallest absolute Gasteiger partial charge is 0.410 e. The first kappa shape index (κ1) is 30.2. The number of anilines is 1. The third kappa shape index (κ3) is 7.58. The quantitative estimate of drug-likeness (QED) is 0.263. The molecule has 1 atom stereocenters. The maximum absolute atomic E-state index is 12.9. The minimum absolute atomic E-state index is 0.117. The molecule has 2 aliphatic rings. The monoisotopic (exact) mass is 587 g/mol. The van der Waals surface area contributed by atoms with E-state index in [9.17, 15) is 9.59 Å². The Morgan fingerprint density at radius 2 is 1.79 bits per heavy atom. The fraction of sp³-hybridized carbons (Fsp3) is 0.441. The number of amides is 1. The molecule has 2 N–H and O–H groups in total. The van der Waals surface area contributed by atoms with Gasteiger partial charge in [-0.1, -0.05) is 18.2 Å². The van der Waals surface area contributed by atoms with Crippen molar-refractivity contribution in [1.82, 2.24) is 9.88 Å². The van der Waals surface area contributed by atoms with Crippen LogP contribution >= 0.6 is 0 Å². The number of rotatable bonds is 10. The zero-order valence-corrected chi connectivity index (χ0v) is 25.4. The number of benzene rings is 2. The molecular formula is C34H41N3O6. The van der Waals surface area contributed by atoms with Gasteiger partial charge in [0.05, 0.1) is 30.5 Å². The van der Waals surface area contributed by atoms with Crippen molar-refractivity contribution in [3.8, 4) is 28.5 Å². The van der Waals surface area contributed by atoms with Crippen molar-refractivity contribution < 1.29 is 28.5 Å². The van der Waals surface area contributed by atoms with Gasteiger partial charge in [0, 0.05) is 19.0 Å². The van der Waals surface area contributed by atoms with Crippen molar-refractivity contribution in [3.63, 3.8) is 0 Å². The van der Waals surface area contributed by atoms with Gasteiger partial charge in [-0.15, -0.1) is 0 Å². The lowest BCUT2D eigenvalue weighted by atomic mass is 9.87. The summed E-state index contributed by atoms with van der Waals surface area (Å²) in [5.74, 6) is 2.58. The van der Waals surface area contributed by atoms with Crippen molar-refractivity contribution in [3.05, 3.63) is 65.2 Å². The van der Waals surface area contributed by atoms with Crippen LogP contribution < -0.4 is 19.9 Å². The molecule has 1 aliphatic heterocycles. The van der Waals surface area contributed by atoms with Crippen LogP contribution in [0.1, 0.15) is 73.9 Å². The number of ether oxygens (including phenoxy) is 4. The van der Waals surface area contributed by atoms with Crippen LogP contribution in [-0.4, -0.2) is 54.7 Å². The highest BCUT2D eigenvalue weighted by atomic mass is 16.6. The van der Waals surface area contributed by atoms with E-state index in [0.717, 1.165) is 48.8 Å². The molecule has 43 heavy (non-hydrogen) atoms. The normalized spacial score (nSPS) is 16.8. The van der Waals surface area contributed by atoms with E-state index in [-0.39, 0.29) is 17.8 Å². The topological polar surface area (TPSA) is 113 Å². The molecule has 1 unspecified atom stereocenters. The fourth-order valence-electron chi connectivity index (χ4n) is 5.29. The van der Waals surface area contributed by atoms with Crippen LogP contribution in [0.5, 0.6) is 17.2 Å². The maximum Gasteiger partial charge on any atom is 0.410 e. The second kappa shape index (κ2) is 12.9. The Morgan fingerprint density at radius 3 is 2.44 bits per heavy atom.